The van der Waals surface area contributed by atoms with E-state index >= 15 is 0 Å². The zero-order chi connectivity index (χ0) is 19.6. The van der Waals surface area contributed by atoms with Gasteiger partial charge in [-0.25, -0.2) is 8.42 Å². The van der Waals surface area contributed by atoms with Crippen LogP contribution in [-0.2, 0) is 21.2 Å². The van der Waals surface area contributed by atoms with Crippen LogP contribution in [0, 0.1) is 0 Å². The Morgan fingerprint density at radius 3 is 2.37 bits per heavy atom. The van der Waals surface area contributed by atoms with E-state index in [4.69, 9.17) is 23.2 Å². The van der Waals surface area contributed by atoms with Gasteiger partial charge in [0.25, 0.3) is 0 Å². The second-order valence-electron chi connectivity index (χ2n) is 6.17. The molecule has 144 valence electrons. The zero-order valence-corrected chi connectivity index (χ0v) is 16.6. The number of amides is 1. The predicted molar refractivity (Wildman–Crippen MR) is 104 cm³/mol. The minimum Gasteiger partial charge on any atom is -0.508 e. The molecule has 2 aromatic rings. The van der Waals surface area contributed by atoms with E-state index in [0.29, 0.717) is 5.56 Å². The number of hydrogen-bond donors (Lipinski definition) is 1. The first-order valence-corrected chi connectivity index (χ1v) is 10.5. The first-order chi connectivity index (χ1) is 12.8. The van der Waals surface area contributed by atoms with Crippen molar-refractivity contribution in [1.82, 2.24) is 9.21 Å². The second-order valence-corrected chi connectivity index (χ2v) is 8.92. The van der Waals surface area contributed by atoms with Gasteiger partial charge in [0.15, 0.2) is 0 Å². The van der Waals surface area contributed by atoms with Crippen molar-refractivity contribution in [2.75, 3.05) is 26.2 Å². The van der Waals surface area contributed by atoms with Gasteiger partial charge in [-0.05, 0) is 24.3 Å². The van der Waals surface area contributed by atoms with Crippen LogP contribution in [0.3, 0.4) is 0 Å². The van der Waals surface area contributed by atoms with Crippen LogP contribution in [-0.4, -0.2) is 54.8 Å². The van der Waals surface area contributed by atoms with Crippen LogP contribution in [0.5, 0.6) is 5.75 Å². The minimum absolute atomic E-state index is 0.0364. The number of phenolic OH excluding ortho intramolecular Hbond substituents is 1. The molecule has 0 saturated carbocycles. The second kappa shape index (κ2) is 8.06. The largest absolute Gasteiger partial charge is 0.508 e. The maximum atomic E-state index is 12.8. The van der Waals surface area contributed by atoms with E-state index < -0.39 is 10.0 Å². The van der Waals surface area contributed by atoms with E-state index in [1.54, 1.807) is 23.1 Å². The van der Waals surface area contributed by atoms with Crippen LogP contribution in [0.25, 0.3) is 0 Å². The molecule has 0 aromatic heterocycles. The van der Waals surface area contributed by atoms with Gasteiger partial charge in [0.1, 0.15) is 10.6 Å². The van der Waals surface area contributed by atoms with Gasteiger partial charge in [-0.3, -0.25) is 4.79 Å². The normalized spacial score (nSPS) is 15.7. The summed E-state index contributed by atoms with van der Waals surface area (Å²) in [5.41, 5.74) is 0.545. The fraction of sp³-hybridized carbons (Fsp3) is 0.278. The standard InChI is InChI=1S/C18H18Cl2N2O4S/c19-14-5-6-15(20)17(12-14)27(25,26)22-9-7-21(8-10-22)18(24)11-13-3-1-2-4-16(13)23/h1-6,12,23H,7-11H2. The van der Waals surface area contributed by atoms with Gasteiger partial charge in [-0.1, -0.05) is 41.4 Å². The number of hydrogen-bond acceptors (Lipinski definition) is 4. The van der Waals surface area contributed by atoms with E-state index in [-0.39, 0.29) is 59.2 Å². The highest BCUT2D eigenvalue weighted by atomic mass is 35.5. The Morgan fingerprint density at radius 2 is 1.70 bits per heavy atom. The van der Waals surface area contributed by atoms with Crippen molar-refractivity contribution in [3.63, 3.8) is 0 Å². The molecule has 1 amide bonds. The van der Waals surface area contributed by atoms with Gasteiger partial charge >= 0.3 is 0 Å². The fourth-order valence-corrected chi connectivity index (χ4v) is 5.09. The number of rotatable bonds is 4. The van der Waals surface area contributed by atoms with Gasteiger partial charge in [0.2, 0.25) is 15.9 Å². The molecule has 0 spiro atoms. The highest BCUT2D eigenvalue weighted by molar-refractivity contribution is 7.89. The Kier molecular flexibility index (Phi) is 5.95. The summed E-state index contributed by atoms with van der Waals surface area (Å²) in [5.74, 6) is -0.0861. The van der Waals surface area contributed by atoms with Crippen molar-refractivity contribution in [3.8, 4) is 5.75 Å². The molecule has 0 atom stereocenters. The number of halogens is 2. The molecular formula is C18H18Cl2N2O4S. The van der Waals surface area contributed by atoms with Crippen molar-refractivity contribution in [2.45, 2.75) is 11.3 Å². The molecule has 1 heterocycles. The van der Waals surface area contributed by atoms with Crippen molar-refractivity contribution >= 4 is 39.1 Å². The van der Waals surface area contributed by atoms with Crippen LogP contribution >= 0.6 is 23.2 Å². The average molecular weight is 429 g/mol. The average Bonchev–Trinajstić information content (AvgIpc) is 2.65. The zero-order valence-electron chi connectivity index (χ0n) is 14.3. The summed E-state index contributed by atoms with van der Waals surface area (Å²) >= 11 is 11.9. The number of para-hydroxylation sites is 1. The van der Waals surface area contributed by atoms with Gasteiger partial charge in [-0.15, -0.1) is 0 Å². The lowest BCUT2D eigenvalue weighted by molar-refractivity contribution is -0.131. The van der Waals surface area contributed by atoms with E-state index in [9.17, 15) is 18.3 Å². The Hall–Kier alpha value is -1.80. The predicted octanol–water partition coefficient (Wildman–Crippen LogP) is 2.77. The Bertz CT molecular complexity index is 958. The molecule has 0 aliphatic carbocycles. The van der Waals surface area contributed by atoms with Crippen molar-refractivity contribution in [3.05, 3.63) is 58.1 Å². The number of carbonyl (C=O) groups excluding carboxylic acids is 1. The van der Waals surface area contributed by atoms with Crippen LogP contribution in [0.2, 0.25) is 10.0 Å². The third-order valence-corrected chi connectivity index (χ3v) is 7.05. The lowest BCUT2D eigenvalue weighted by atomic mass is 10.1. The summed E-state index contributed by atoms with van der Waals surface area (Å²) in [5, 5.41) is 10.2. The highest BCUT2D eigenvalue weighted by Crippen LogP contribution is 2.28. The minimum atomic E-state index is -3.79. The summed E-state index contributed by atoms with van der Waals surface area (Å²) in [6.45, 7) is 0.864. The van der Waals surface area contributed by atoms with Crippen LogP contribution in [0.15, 0.2) is 47.4 Å². The molecule has 1 aliphatic heterocycles. The van der Waals surface area contributed by atoms with Gasteiger partial charge < -0.3 is 10.0 Å². The van der Waals surface area contributed by atoms with E-state index in [1.165, 1.54) is 28.6 Å². The van der Waals surface area contributed by atoms with Crippen molar-refractivity contribution in [1.29, 1.82) is 0 Å². The molecule has 6 nitrogen and oxygen atoms in total. The third-order valence-electron chi connectivity index (χ3n) is 4.44. The third kappa shape index (κ3) is 4.38. The van der Waals surface area contributed by atoms with E-state index in [0.717, 1.165) is 0 Å². The topological polar surface area (TPSA) is 77.9 Å². The van der Waals surface area contributed by atoms with Crippen LogP contribution in [0.4, 0.5) is 0 Å². The Balaban J connectivity index is 1.67. The number of piperazine rings is 1. The van der Waals surface area contributed by atoms with Crippen molar-refractivity contribution < 1.29 is 18.3 Å². The molecule has 2 aromatic carbocycles. The molecule has 0 bridgehead atoms. The summed E-state index contributed by atoms with van der Waals surface area (Å²) < 4.78 is 26.9. The van der Waals surface area contributed by atoms with Crippen molar-refractivity contribution in [2.24, 2.45) is 0 Å². The molecule has 9 heteroatoms. The lowest BCUT2D eigenvalue weighted by Crippen LogP contribution is -2.50. The summed E-state index contributed by atoms with van der Waals surface area (Å²) in [7, 11) is -3.79. The summed E-state index contributed by atoms with van der Waals surface area (Å²) in [4.78, 5) is 14.0. The number of sulfonamides is 1. The fourth-order valence-electron chi connectivity index (χ4n) is 2.93. The summed E-state index contributed by atoms with van der Waals surface area (Å²) in [6, 6.07) is 11.0. The number of phenols is 1. The maximum Gasteiger partial charge on any atom is 0.244 e. The lowest BCUT2D eigenvalue weighted by Gasteiger charge is -2.34. The molecule has 0 radical (unpaired) electrons. The SMILES string of the molecule is O=C(Cc1ccccc1O)N1CCN(S(=O)(=O)c2cc(Cl)ccc2Cl)CC1. The monoisotopic (exact) mass is 428 g/mol. The Labute approximate surface area is 168 Å². The number of carbonyl (C=O) groups is 1. The molecule has 0 unspecified atom stereocenters. The Morgan fingerprint density at radius 1 is 1.04 bits per heavy atom. The van der Waals surface area contributed by atoms with Crippen LogP contribution in [0.1, 0.15) is 5.56 Å². The summed E-state index contributed by atoms with van der Waals surface area (Å²) in [6.07, 6.45) is 0.0690. The first-order valence-electron chi connectivity index (χ1n) is 8.29. The molecule has 1 N–H and O–H groups in total. The quantitative estimate of drug-likeness (QED) is 0.811. The molecule has 1 aliphatic rings. The van der Waals surface area contributed by atoms with E-state index in [2.05, 4.69) is 0 Å². The van der Waals surface area contributed by atoms with Crippen LogP contribution < -0.4 is 0 Å². The number of aromatic hydroxyl groups is 1. The number of nitrogens with zero attached hydrogens (tertiary/aromatic N) is 2. The molecule has 1 fully saturated rings. The first kappa shape index (κ1) is 19.9. The van der Waals surface area contributed by atoms with Gasteiger partial charge in [-0.2, -0.15) is 4.31 Å². The molecular weight excluding hydrogens is 411 g/mol. The van der Waals surface area contributed by atoms with E-state index in [1.807, 2.05) is 0 Å². The molecule has 3 rings (SSSR count). The van der Waals surface area contributed by atoms with Gasteiger partial charge in [0, 0.05) is 36.8 Å². The maximum absolute atomic E-state index is 12.8. The molecule has 27 heavy (non-hydrogen) atoms. The smallest absolute Gasteiger partial charge is 0.244 e. The van der Waals surface area contributed by atoms with Gasteiger partial charge in [0.05, 0.1) is 11.4 Å². The number of benzene rings is 2. The molecule has 1 saturated heterocycles. The highest BCUT2D eigenvalue weighted by Gasteiger charge is 2.31.